The van der Waals surface area contributed by atoms with Crippen molar-refractivity contribution in [3.63, 3.8) is 0 Å². The summed E-state index contributed by atoms with van der Waals surface area (Å²) in [6, 6.07) is 3.45. The van der Waals surface area contributed by atoms with Gasteiger partial charge in [0, 0.05) is 18.5 Å². The number of allylic oxidation sites excluding steroid dienone is 1. The van der Waals surface area contributed by atoms with Crippen molar-refractivity contribution in [2.24, 2.45) is 10.8 Å². The Labute approximate surface area is 146 Å². The second-order valence-electron chi connectivity index (χ2n) is 6.88. The lowest BCUT2D eigenvalue weighted by atomic mass is 9.69. The van der Waals surface area contributed by atoms with Crippen molar-refractivity contribution in [3.8, 4) is 11.5 Å². The Morgan fingerprint density at radius 3 is 3.12 bits per heavy atom. The van der Waals surface area contributed by atoms with Crippen molar-refractivity contribution < 1.29 is 14.3 Å². The molecule has 1 unspecified atom stereocenters. The first kappa shape index (κ1) is 16.0. The summed E-state index contributed by atoms with van der Waals surface area (Å²) >= 11 is 0. The number of nitrogens with zero attached hydrogens (tertiary/aromatic N) is 2. The number of amides is 2. The Kier molecular flexibility index (Phi) is 3.68. The molecule has 2 heterocycles. The molecule has 2 amide bonds. The van der Waals surface area contributed by atoms with Crippen LogP contribution < -0.4 is 20.6 Å². The third kappa shape index (κ3) is 2.46. The molecule has 0 aromatic heterocycles. The van der Waals surface area contributed by atoms with Gasteiger partial charge in [0.05, 0.1) is 18.2 Å². The Hall–Kier alpha value is -2.54. The predicted octanol–water partition coefficient (Wildman–Crippen LogP) is 1.51. The minimum atomic E-state index is -0.670. The van der Waals surface area contributed by atoms with Crippen molar-refractivity contribution in [1.29, 1.82) is 0 Å². The molecule has 132 valence electrons. The van der Waals surface area contributed by atoms with Crippen LogP contribution in [0.25, 0.3) is 0 Å². The normalized spacial score (nSPS) is 28.7. The first-order valence-electron chi connectivity index (χ1n) is 8.40. The standard InChI is InChI=1S/C18H22N4O3/c1-22-8-7-18-6-5-12(20-21-17(19)23)9-14(18)25-16-13(24-2)4-3-11(10-22)15(16)18/h3-6,14H,7-10H2,1-2H3,(H3,19,21,23)/b20-12-/t14?,18-/m0/s1. The lowest BCUT2D eigenvalue weighted by Gasteiger charge is -2.34. The quantitative estimate of drug-likeness (QED) is 0.798. The van der Waals surface area contributed by atoms with E-state index in [4.69, 9.17) is 15.2 Å². The summed E-state index contributed by atoms with van der Waals surface area (Å²) in [6.45, 7) is 1.87. The predicted molar refractivity (Wildman–Crippen MR) is 94.0 cm³/mol. The van der Waals surface area contributed by atoms with E-state index < -0.39 is 6.03 Å². The second-order valence-corrected chi connectivity index (χ2v) is 6.88. The van der Waals surface area contributed by atoms with Gasteiger partial charge in [0.1, 0.15) is 6.10 Å². The van der Waals surface area contributed by atoms with Gasteiger partial charge in [-0.2, -0.15) is 5.10 Å². The molecule has 0 bridgehead atoms. The summed E-state index contributed by atoms with van der Waals surface area (Å²) in [4.78, 5) is 13.2. The molecule has 3 N–H and O–H groups in total. The van der Waals surface area contributed by atoms with Crippen molar-refractivity contribution in [3.05, 3.63) is 35.4 Å². The number of nitrogens with one attached hydrogen (secondary N) is 1. The topological polar surface area (TPSA) is 89.2 Å². The molecule has 2 atom stereocenters. The van der Waals surface area contributed by atoms with Crippen molar-refractivity contribution in [2.45, 2.75) is 30.9 Å². The summed E-state index contributed by atoms with van der Waals surface area (Å²) in [7, 11) is 3.80. The van der Waals surface area contributed by atoms with Crippen LogP contribution in [0.4, 0.5) is 4.79 Å². The fourth-order valence-corrected chi connectivity index (χ4v) is 4.17. The molecule has 4 rings (SSSR count). The van der Waals surface area contributed by atoms with E-state index >= 15 is 0 Å². The van der Waals surface area contributed by atoms with Crippen LogP contribution in [0, 0.1) is 0 Å². The SMILES string of the molecule is COc1ccc2c3c1OC1C/C(=N\NC(N)=O)C=C[C@@]31CCN(C)C2. The van der Waals surface area contributed by atoms with Crippen LogP contribution in [0.2, 0.25) is 0 Å². The molecular weight excluding hydrogens is 320 g/mol. The van der Waals surface area contributed by atoms with Gasteiger partial charge in [-0.05, 0) is 37.7 Å². The molecule has 25 heavy (non-hydrogen) atoms. The van der Waals surface area contributed by atoms with Crippen molar-refractivity contribution in [1.82, 2.24) is 10.3 Å². The molecule has 7 nitrogen and oxygen atoms in total. The highest BCUT2D eigenvalue weighted by atomic mass is 16.5. The fourth-order valence-electron chi connectivity index (χ4n) is 4.17. The number of hydrogen-bond acceptors (Lipinski definition) is 5. The van der Waals surface area contributed by atoms with Gasteiger partial charge in [0.25, 0.3) is 0 Å². The van der Waals surface area contributed by atoms with Gasteiger partial charge in [0.15, 0.2) is 11.5 Å². The Balaban J connectivity index is 1.81. The summed E-state index contributed by atoms with van der Waals surface area (Å²) in [6.07, 6.45) is 5.66. The van der Waals surface area contributed by atoms with Crippen LogP contribution in [-0.4, -0.2) is 43.4 Å². The first-order chi connectivity index (χ1) is 12.0. The molecular formula is C18H22N4O3. The molecule has 3 aliphatic rings. The van der Waals surface area contributed by atoms with Crippen molar-refractivity contribution >= 4 is 11.7 Å². The molecule has 7 heteroatoms. The van der Waals surface area contributed by atoms with E-state index in [1.807, 2.05) is 12.1 Å². The molecule has 1 spiro atoms. The maximum atomic E-state index is 10.9. The Morgan fingerprint density at radius 2 is 2.36 bits per heavy atom. The van der Waals surface area contributed by atoms with E-state index in [1.54, 1.807) is 7.11 Å². The van der Waals surface area contributed by atoms with E-state index in [9.17, 15) is 4.79 Å². The largest absolute Gasteiger partial charge is 0.493 e. The number of urea groups is 1. The number of hydrazone groups is 1. The molecule has 0 fully saturated rings. The van der Waals surface area contributed by atoms with Crippen LogP contribution in [0.3, 0.4) is 0 Å². The average molecular weight is 342 g/mol. The first-order valence-corrected chi connectivity index (χ1v) is 8.40. The lowest BCUT2D eigenvalue weighted by Crippen LogP contribution is -2.42. The van der Waals surface area contributed by atoms with Gasteiger partial charge >= 0.3 is 6.03 Å². The molecule has 1 aliphatic carbocycles. The molecule has 0 saturated heterocycles. The number of carbonyl (C=O) groups is 1. The smallest absolute Gasteiger partial charge is 0.332 e. The molecule has 0 saturated carbocycles. The van der Waals surface area contributed by atoms with Gasteiger partial charge in [-0.3, -0.25) is 0 Å². The highest BCUT2D eigenvalue weighted by Gasteiger charge is 2.52. The van der Waals surface area contributed by atoms with E-state index in [1.165, 1.54) is 11.1 Å². The van der Waals surface area contributed by atoms with Gasteiger partial charge in [-0.15, -0.1) is 0 Å². The van der Waals surface area contributed by atoms with Crippen LogP contribution in [0.5, 0.6) is 11.5 Å². The van der Waals surface area contributed by atoms with Crippen molar-refractivity contribution in [2.75, 3.05) is 20.7 Å². The maximum Gasteiger partial charge on any atom is 0.332 e. The van der Waals surface area contributed by atoms with Crippen LogP contribution in [0.15, 0.2) is 29.4 Å². The summed E-state index contributed by atoms with van der Waals surface area (Å²) < 4.78 is 11.9. The monoisotopic (exact) mass is 342 g/mol. The minimum Gasteiger partial charge on any atom is -0.493 e. The molecule has 1 aromatic carbocycles. The number of carbonyl (C=O) groups excluding carboxylic acids is 1. The van der Waals surface area contributed by atoms with Crippen LogP contribution in [-0.2, 0) is 12.0 Å². The Bertz CT molecular complexity index is 789. The maximum absolute atomic E-state index is 10.9. The number of hydrogen-bond donors (Lipinski definition) is 2. The number of nitrogens with two attached hydrogens (primary N) is 1. The van der Waals surface area contributed by atoms with Crippen LogP contribution >= 0.6 is 0 Å². The van der Waals surface area contributed by atoms with Gasteiger partial charge in [-0.25, -0.2) is 10.2 Å². The number of primary amides is 1. The van der Waals surface area contributed by atoms with E-state index in [0.29, 0.717) is 6.42 Å². The molecule has 2 aliphatic heterocycles. The summed E-state index contributed by atoms with van der Waals surface area (Å²) in [5.41, 5.74) is 10.5. The lowest BCUT2D eigenvalue weighted by molar-refractivity contribution is 0.158. The zero-order valence-electron chi connectivity index (χ0n) is 14.4. The van der Waals surface area contributed by atoms with E-state index in [-0.39, 0.29) is 11.5 Å². The van der Waals surface area contributed by atoms with E-state index in [2.05, 4.69) is 34.6 Å². The van der Waals surface area contributed by atoms with Gasteiger partial charge in [0.2, 0.25) is 0 Å². The zero-order chi connectivity index (χ0) is 17.6. The zero-order valence-corrected chi connectivity index (χ0v) is 14.4. The van der Waals surface area contributed by atoms with Gasteiger partial charge < -0.3 is 20.1 Å². The fraction of sp³-hybridized carbons (Fsp3) is 0.444. The average Bonchev–Trinajstić information content (AvgIpc) is 2.85. The summed E-state index contributed by atoms with van der Waals surface area (Å²) in [5.74, 6) is 1.60. The Morgan fingerprint density at radius 1 is 1.52 bits per heavy atom. The molecule has 0 radical (unpaired) electrons. The number of methoxy groups -OCH3 is 1. The summed E-state index contributed by atoms with van der Waals surface area (Å²) in [5, 5.41) is 4.08. The minimum absolute atomic E-state index is 0.0672. The third-order valence-corrected chi connectivity index (χ3v) is 5.35. The van der Waals surface area contributed by atoms with Gasteiger partial charge in [-0.1, -0.05) is 12.1 Å². The number of ether oxygens (including phenoxy) is 2. The van der Waals surface area contributed by atoms with E-state index in [0.717, 1.165) is 36.7 Å². The number of rotatable bonds is 2. The third-order valence-electron chi connectivity index (χ3n) is 5.35. The highest BCUT2D eigenvalue weighted by Crippen LogP contribution is 2.55. The second kappa shape index (κ2) is 5.77. The number of benzene rings is 1. The molecule has 1 aromatic rings. The highest BCUT2D eigenvalue weighted by molar-refractivity contribution is 5.97. The van der Waals surface area contributed by atoms with Crippen LogP contribution in [0.1, 0.15) is 24.0 Å².